The highest BCUT2D eigenvalue weighted by Gasteiger charge is 2.23. The van der Waals surface area contributed by atoms with Crippen LogP contribution in [0.1, 0.15) is 27.2 Å². The molecule has 0 aromatic rings. The number of carboxylic acids is 1. The van der Waals surface area contributed by atoms with Gasteiger partial charge in [-0.15, -0.1) is 0 Å². The first kappa shape index (κ1) is 13.9. The molecule has 0 aliphatic rings. The summed E-state index contributed by atoms with van der Waals surface area (Å²) in [7, 11) is 0. The van der Waals surface area contributed by atoms with Gasteiger partial charge < -0.3 is 9.84 Å². The summed E-state index contributed by atoms with van der Waals surface area (Å²) in [5.74, 6) is -1.38. The van der Waals surface area contributed by atoms with E-state index >= 15 is 0 Å². The number of hydrogen-bond acceptors (Lipinski definition) is 4. The minimum absolute atomic E-state index is 0.0167. The smallest absolute Gasteiger partial charge is 0.320 e. The van der Waals surface area contributed by atoms with E-state index < -0.39 is 18.0 Å². The van der Waals surface area contributed by atoms with E-state index in [0.717, 1.165) is 6.42 Å². The molecule has 2 atom stereocenters. The first-order chi connectivity index (χ1) is 7.02. The van der Waals surface area contributed by atoms with Gasteiger partial charge in [-0.05, 0) is 12.8 Å². The number of carbonyl (C=O) groups is 2. The fraction of sp³-hybridized carbons (Fsp3) is 0.800. The van der Waals surface area contributed by atoms with Gasteiger partial charge in [-0.25, -0.2) is 0 Å². The first-order valence-electron chi connectivity index (χ1n) is 5.14. The molecular formula is C10H19NO4. The Morgan fingerprint density at radius 1 is 1.40 bits per heavy atom. The molecule has 0 heterocycles. The quantitative estimate of drug-likeness (QED) is 0.612. The summed E-state index contributed by atoms with van der Waals surface area (Å²) in [6.45, 7) is 5.70. The molecule has 0 aromatic carbocycles. The van der Waals surface area contributed by atoms with Crippen LogP contribution in [-0.4, -0.2) is 36.2 Å². The largest absolute Gasteiger partial charge is 0.480 e. The predicted octanol–water partition coefficient (Wildman–Crippen LogP) is 0.638. The van der Waals surface area contributed by atoms with E-state index in [1.54, 1.807) is 6.92 Å². The number of esters is 1. The predicted molar refractivity (Wildman–Crippen MR) is 55.5 cm³/mol. The molecule has 0 bridgehead atoms. The number of ether oxygens (including phenoxy) is 1. The summed E-state index contributed by atoms with van der Waals surface area (Å²) in [5, 5.41) is 11.6. The number of carbonyl (C=O) groups excluding carboxylic acids is 1. The van der Waals surface area contributed by atoms with Gasteiger partial charge in [-0.1, -0.05) is 20.3 Å². The van der Waals surface area contributed by atoms with Crippen molar-refractivity contribution in [3.05, 3.63) is 0 Å². The third kappa shape index (κ3) is 5.37. The number of rotatable bonds is 7. The lowest BCUT2D eigenvalue weighted by Crippen LogP contribution is -2.44. The Labute approximate surface area is 89.8 Å². The van der Waals surface area contributed by atoms with E-state index in [-0.39, 0.29) is 12.5 Å². The zero-order valence-electron chi connectivity index (χ0n) is 9.45. The third-order valence-corrected chi connectivity index (χ3v) is 2.25. The van der Waals surface area contributed by atoms with Crippen LogP contribution in [0.3, 0.4) is 0 Å². The Bertz CT molecular complexity index is 217. The van der Waals surface area contributed by atoms with Crippen LogP contribution in [0, 0.1) is 5.92 Å². The van der Waals surface area contributed by atoms with Gasteiger partial charge in [0.15, 0.2) is 0 Å². The second-order valence-corrected chi connectivity index (χ2v) is 3.39. The van der Waals surface area contributed by atoms with Crippen LogP contribution in [0.15, 0.2) is 0 Å². The summed E-state index contributed by atoms with van der Waals surface area (Å²) in [4.78, 5) is 21.9. The molecule has 5 heteroatoms. The molecule has 0 saturated carbocycles. The summed E-state index contributed by atoms with van der Waals surface area (Å²) in [5.41, 5.74) is 0. The van der Waals surface area contributed by atoms with Gasteiger partial charge in [-0.3, -0.25) is 14.9 Å². The second-order valence-electron chi connectivity index (χ2n) is 3.39. The SMILES string of the molecule is CCOC(=O)CN[C@H](C(=O)O)[C@@H](C)CC. The highest BCUT2D eigenvalue weighted by atomic mass is 16.5. The van der Waals surface area contributed by atoms with Gasteiger partial charge in [-0.2, -0.15) is 0 Å². The second kappa shape index (κ2) is 7.23. The molecule has 0 fully saturated rings. The molecular weight excluding hydrogens is 198 g/mol. The van der Waals surface area contributed by atoms with Gasteiger partial charge in [0, 0.05) is 0 Å². The monoisotopic (exact) mass is 217 g/mol. The van der Waals surface area contributed by atoms with Crippen LogP contribution in [-0.2, 0) is 14.3 Å². The maximum atomic E-state index is 11.0. The summed E-state index contributed by atoms with van der Waals surface area (Å²) >= 11 is 0. The van der Waals surface area contributed by atoms with Crippen molar-refractivity contribution in [3.8, 4) is 0 Å². The molecule has 88 valence electrons. The topological polar surface area (TPSA) is 75.6 Å². The zero-order chi connectivity index (χ0) is 11.8. The van der Waals surface area contributed by atoms with Crippen molar-refractivity contribution in [2.24, 2.45) is 5.92 Å². The van der Waals surface area contributed by atoms with Crippen LogP contribution >= 0.6 is 0 Å². The van der Waals surface area contributed by atoms with Crippen LogP contribution in [0.5, 0.6) is 0 Å². The van der Waals surface area contributed by atoms with Crippen molar-refractivity contribution in [2.75, 3.05) is 13.2 Å². The van der Waals surface area contributed by atoms with E-state index in [0.29, 0.717) is 6.61 Å². The highest BCUT2D eigenvalue weighted by molar-refractivity contribution is 5.76. The Morgan fingerprint density at radius 3 is 2.40 bits per heavy atom. The standard InChI is InChI=1S/C10H19NO4/c1-4-7(3)9(10(13)14)11-6-8(12)15-5-2/h7,9,11H,4-6H2,1-3H3,(H,13,14)/t7-,9-/m0/s1. The molecule has 0 spiro atoms. The van der Waals surface area contributed by atoms with E-state index in [2.05, 4.69) is 5.32 Å². The van der Waals surface area contributed by atoms with Crippen molar-refractivity contribution in [2.45, 2.75) is 33.2 Å². The fourth-order valence-electron chi connectivity index (χ4n) is 1.17. The fourth-order valence-corrected chi connectivity index (χ4v) is 1.17. The number of nitrogens with one attached hydrogen (secondary N) is 1. The van der Waals surface area contributed by atoms with Gasteiger partial charge in [0.1, 0.15) is 6.04 Å². The van der Waals surface area contributed by atoms with Crippen molar-refractivity contribution < 1.29 is 19.4 Å². The molecule has 0 aliphatic carbocycles. The first-order valence-corrected chi connectivity index (χ1v) is 5.14. The maximum Gasteiger partial charge on any atom is 0.320 e. The maximum absolute atomic E-state index is 11.0. The molecule has 0 amide bonds. The minimum atomic E-state index is -0.936. The average molecular weight is 217 g/mol. The molecule has 5 nitrogen and oxygen atoms in total. The third-order valence-electron chi connectivity index (χ3n) is 2.25. The van der Waals surface area contributed by atoms with Gasteiger partial charge in [0.05, 0.1) is 13.2 Å². The molecule has 0 rings (SSSR count). The normalized spacial score (nSPS) is 14.3. The van der Waals surface area contributed by atoms with Gasteiger partial charge in [0.2, 0.25) is 0 Å². The molecule has 0 aromatic heterocycles. The number of hydrogen-bond donors (Lipinski definition) is 2. The lowest BCUT2D eigenvalue weighted by molar-refractivity contribution is -0.144. The average Bonchev–Trinajstić information content (AvgIpc) is 2.17. The minimum Gasteiger partial charge on any atom is -0.480 e. The van der Waals surface area contributed by atoms with Gasteiger partial charge in [0.25, 0.3) is 0 Å². The van der Waals surface area contributed by atoms with Crippen LogP contribution in [0.2, 0.25) is 0 Å². The summed E-state index contributed by atoms with van der Waals surface area (Å²) in [6, 6.07) is -0.695. The highest BCUT2D eigenvalue weighted by Crippen LogP contribution is 2.07. The Hall–Kier alpha value is -1.10. The number of aliphatic carboxylic acids is 1. The molecule has 0 saturated heterocycles. The summed E-state index contributed by atoms with van der Waals surface area (Å²) in [6.07, 6.45) is 0.743. The molecule has 2 N–H and O–H groups in total. The van der Waals surface area contributed by atoms with E-state index in [9.17, 15) is 9.59 Å². The van der Waals surface area contributed by atoms with Crippen molar-refractivity contribution in [3.63, 3.8) is 0 Å². The van der Waals surface area contributed by atoms with E-state index in [1.165, 1.54) is 0 Å². The Kier molecular flexibility index (Phi) is 6.70. The lowest BCUT2D eigenvalue weighted by Gasteiger charge is -2.19. The van der Waals surface area contributed by atoms with Gasteiger partial charge >= 0.3 is 11.9 Å². The van der Waals surface area contributed by atoms with Crippen molar-refractivity contribution in [1.82, 2.24) is 5.32 Å². The molecule has 15 heavy (non-hydrogen) atoms. The molecule has 0 unspecified atom stereocenters. The van der Waals surface area contributed by atoms with Crippen LogP contribution < -0.4 is 5.32 Å². The lowest BCUT2D eigenvalue weighted by atomic mass is 9.99. The van der Waals surface area contributed by atoms with E-state index in [1.807, 2.05) is 13.8 Å². The van der Waals surface area contributed by atoms with Crippen molar-refractivity contribution >= 4 is 11.9 Å². The molecule has 0 radical (unpaired) electrons. The molecule has 0 aliphatic heterocycles. The zero-order valence-corrected chi connectivity index (χ0v) is 9.45. The van der Waals surface area contributed by atoms with Crippen molar-refractivity contribution in [1.29, 1.82) is 0 Å². The Morgan fingerprint density at radius 2 is 2.00 bits per heavy atom. The summed E-state index contributed by atoms with van der Waals surface area (Å²) < 4.78 is 4.69. The van der Waals surface area contributed by atoms with Crippen LogP contribution in [0.25, 0.3) is 0 Å². The number of carboxylic acid groups (broad SMARTS) is 1. The Balaban J connectivity index is 4.07. The van der Waals surface area contributed by atoms with Crippen LogP contribution in [0.4, 0.5) is 0 Å². The van der Waals surface area contributed by atoms with E-state index in [4.69, 9.17) is 9.84 Å².